The van der Waals surface area contributed by atoms with E-state index >= 15 is 0 Å². The van der Waals surface area contributed by atoms with Crippen molar-refractivity contribution in [2.24, 2.45) is 4.99 Å². The summed E-state index contributed by atoms with van der Waals surface area (Å²) in [5.74, 6) is 0. The van der Waals surface area contributed by atoms with Crippen molar-refractivity contribution in [1.29, 1.82) is 0 Å². The summed E-state index contributed by atoms with van der Waals surface area (Å²) >= 11 is 13.5. The van der Waals surface area contributed by atoms with Gasteiger partial charge in [0, 0.05) is 22.5 Å². The van der Waals surface area contributed by atoms with E-state index in [0.717, 1.165) is 22.4 Å². The molecule has 0 aliphatic heterocycles. The van der Waals surface area contributed by atoms with E-state index in [1.165, 1.54) is 22.2 Å². The molecule has 0 saturated carbocycles. The van der Waals surface area contributed by atoms with E-state index < -0.39 is 0 Å². The Morgan fingerprint density at radius 3 is 2.63 bits per heavy atom. The van der Waals surface area contributed by atoms with E-state index in [4.69, 9.17) is 23.2 Å². The Balaban J connectivity index is 1.65. The highest BCUT2D eigenvalue weighted by Crippen LogP contribution is 2.34. The quantitative estimate of drug-likeness (QED) is 0.401. The highest BCUT2D eigenvalue weighted by molar-refractivity contribution is 7.18. The molecule has 0 spiro atoms. The third-order valence-electron chi connectivity index (χ3n) is 4.59. The number of nitrogens with zero attached hydrogens (tertiary/aromatic N) is 4. The molecule has 0 amide bonds. The van der Waals surface area contributed by atoms with Gasteiger partial charge in [-0.1, -0.05) is 52.2 Å². The van der Waals surface area contributed by atoms with Gasteiger partial charge in [0.25, 0.3) is 5.56 Å². The Labute approximate surface area is 186 Å². The molecule has 0 aliphatic carbocycles. The van der Waals surface area contributed by atoms with Crippen molar-refractivity contribution in [2.75, 3.05) is 0 Å². The number of rotatable bonds is 4. The molecule has 2 aromatic carbocycles. The van der Waals surface area contributed by atoms with E-state index in [9.17, 15) is 4.79 Å². The highest BCUT2D eigenvalue weighted by Gasteiger charge is 2.14. The first-order valence-electron chi connectivity index (χ1n) is 9.05. The second-order valence-corrected chi connectivity index (χ2v) is 8.65. The highest BCUT2D eigenvalue weighted by atomic mass is 35.5. The Kier molecular flexibility index (Phi) is 5.60. The molecule has 0 aliphatic rings. The third kappa shape index (κ3) is 3.96. The second kappa shape index (κ2) is 8.18. The Morgan fingerprint density at radius 1 is 1.10 bits per heavy atom. The van der Waals surface area contributed by atoms with Crippen molar-refractivity contribution < 1.29 is 0 Å². The van der Waals surface area contributed by atoms with Crippen LogP contribution in [0.5, 0.6) is 0 Å². The van der Waals surface area contributed by atoms with Gasteiger partial charge in [-0.3, -0.25) is 9.89 Å². The Hall–Kier alpha value is -2.74. The Morgan fingerprint density at radius 2 is 1.90 bits per heavy atom. The zero-order chi connectivity index (χ0) is 21.4. The molecule has 152 valence electrons. The number of benzene rings is 2. The fraction of sp³-hybridized carbons (Fsp3) is 0.143. The largest absolute Gasteiger partial charge is 0.295 e. The molecule has 30 heavy (non-hydrogen) atoms. The smallest absolute Gasteiger partial charge is 0.280 e. The van der Waals surface area contributed by atoms with E-state index in [1.54, 1.807) is 18.2 Å². The van der Waals surface area contributed by atoms with Crippen LogP contribution in [-0.2, 0) is 0 Å². The summed E-state index contributed by atoms with van der Waals surface area (Å²) < 4.78 is 1.53. The molecule has 6 nitrogen and oxygen atoms in total. The number of aromatic amines is 1. The van der Waals surface area contributed by atoms with Crippen molar-refractivity contribution in [3.63, 3.8) is 0 Å². The summed E-state index contributed by atoms with van der Waals surface area (Å²) in [7, 11) is 0. The predicted octanol–water partition coefficient (Wildman–Crippen LogP) is 5.67. The normalized spacial score (nSPS) is 11.5. The molecule has 1 N–H and O–H groups in total. The van der Waals surface area contributed by atoms with Crippen molar-refractivity contribution >= 4 is 45.9 Å². The fourth-order valence-electron chi connectivity index (χ4n) is 3.10. The lowest BCUT2D eigenvalue weighted by atomic mass is 10.1. The van der Waals surface area contributed by atoms with Gasteiger partial charge in [0.1, 0.15) is 0 Å². The van der Waals surface area contributed by atoms with Crippen LogP contribution >= 0.6 is 34.5 Å². The number of aromatic nitrogens is 4. The molecule has 4 aromatic rings. The number of hydrogen-bond donors (Lipinski definition) is 1. The van der Waals surface area contributed by atoms with Crippen LogP contribution in [0.3, 0.4) is 0 Å². The lowest BCUT2D eigenvalue weighted by molar-refractivity contribution is 0.828. The van der Waals surface area contributed by atoms with E-state index in [0.29, 0.717) is 31.4 Å². The standard InChI is InChI=1S/C21H17Cl2N5OS/c1-11-4-7-18(12(2)8-11)28-20(29)16(13(3)27-28)10-24-21-26-25-19(30-21)15-6-5-14(22)9-17(15)23/h4-10,27H,1-3H3. The summed E-state index contributed by atoms with van der Waals surface area (Å²) in [6.45, 7) is 5.83. The molecule has 0 saturated heterocycles. The van der Waals surface area contributed by atoms with Crippen molar-refractivity contribution in [1.82, 2.24) is 20.0 Å². The molecular formula is C21H17Cl2N5OS. The lowest BCUT2D eigenvalue weighted by Crippen LogP contribution is -2.18. The lowest BCUT2D eigenvalue weighted by Gasteiger charge is -2.06. The second-order valence-electron chi connectivity index (χ2n) is 6.85. The van der Waals surface area contributed by atoms with Gasteiger partial charge in [0.05, 0.1) is 16.3 Å². The molecule has 0 bridgehead atoms. The van der Waals surface area contributed by atoms with Crippen LogP contribution in [0.1, 0.15) is 22.4 Å². The maximum Gasteiger partial charge on any atom is 0.280 e. The van der Waals surface area contributed by atoms with E-state index in [1.807, 2.05) is 39.0 Å². The zero-order valence-electron chi connectivity index (χ0n) is 16.4. The molecule has 9 heteroatoms. The van der Waals surface area contributed by atoms with Crippen LogP contribution in [0.4, 0.5) is 5.13 Å². The first-order valence-corrected chi connectivity index (χ1v) is 10.6. The number of aliphatic imine (C=N–C) groups is 1. The number of nitrogens with one attached hydrogen (secondary N) is 1. The third-order valence-corrected chi connectivity index (χ3v) is 6.00. The minimum absolute atomic E-state index is 0.173. The summed E-state index contributed by atoms with van der Waals surface area (Å²) in [5, 5.41) is 13.4. The van der Waals surface area contributed by atoms with Crippen LogP contribution in [0.2, 0.25) is 10.0 Å². The molecular weight excluding hydrogens is 441 g/mol. The maximum absolute atomic E-state index is 12.9. The first kappa shape index (κ1) is 20.5. The molecule has 2 heterocycles. The van der Waals surface area contributed by atoms with Gasteiger partial charge >= 0.3 is 0 Å². The van der Waals surface area contributed by atoms with Gasteiger partial charge in [-0.05, 0) is 50.6 Å². The molecule has 4 rings (SSSR count). The van der Waals surface area contributed by atoms with Crippen LogP contribution in [0.15, 0.2) is 46.2 Å². The van der Waals surface area contributed by atoms with E-state index in [-0.39, 0.29) is 5.56 Å². The minimum atomic E-state index is -0.173. The van der Waals surface area contributed by atoms with Crippen LogP contribution in [0.25, 0.3) is 16.3 Å². The van der Waals surface area contributed by atoms with Crippen LogP contribution in [0, 0.1) is 20.8 Å². The van der Waals surface area contributed by atoms with Gasteiger partial charge in [-0.2, -0.15) is 0 Å². The molecule has 0 fully saturated rings. The minimum Gasteiger partial charge on any atom is -0.295 e. The van der Waals surface area contributed by atoms with Crippen molar-refractivity contribution in [3.8, 4) is 16.3 Å². The Bertz CT molecular complexity index is 1340. The van der Waals surface area contributed by atoms with Crippen molar-refractivity contribution in [2.45, 2.75) is 20.8 Å². The summed E-state index contributed by atoms with van der Waals surface area (Å²) in [4.78, 5) is 17.3. The van der Waals surface area contributed by atoms with Gasteiger partial charge in [-0.15, -0.1) is 10.2 Å². The molecule has 0 atom stereocenters. The monoisotopic (exact) mass is 457 g/mol. The van der Waals surface area contributed by atoms with Gasteiger partial charge in [0.15, 0.2) is 5.01 Å². The fourth-order valence-corrected chi connectivity index (χ4v) is 4.38. The number of aryl methyl sites for hydroxylation is 3. The zero-order valence-corrected chi connectivity index (χ0v) is 18.7. The van der Waals surface area contributed by atoms with Crippen LogP contribution < -0.4 is 5.56 Å². The van der Waals surface area contributed by atoms with E-state index in [2.05, 4.69) is 20.3 Å². The molecule has 0 radical (unpaired) electrons. The maximum atomic E-state index is 12.9. The van der Waals surface area contributed by atoms with Crippen molar-refractivity contribution in [3.05, 3.63) is 79.2 Å². The average Bonchev–Trinajstić information content (AvgIpc) is 3.25. The SMILES string of the molecule is Cc1ccc(-n2[nH]c(C)c(C=Nc3nnc(-c4ccc(Cl)cc4Cl)s3)c2=O)c(C)c1. The van der Waals surface area contributed by atoms with Crippen LogP contribution in [-0.4, -0.2) is 26.2 Å². The summed E-state index contributed by atoms with van der Waals surface area (Å²) in [6, 6.07) is 11.1. The predicted molar refractivity (Wildman–Crippen MR) is 123 cm³/mol. The molecule has 2 aromatic heterocycles. The number of hydrogen-bond acceptors (Lipinski definition) is 5. The van der Waals surface area contributed by atoms with Gasteiger partial charge in [-0.25, -0.2) is 9.67 Å². The number of H-pyrrole nitrogens is 1. The van der Waals surface area contributed by atoms with Gasteiger partial charge < -0.3 is 0 Å². The summed E-state index contributed by atoms with van der Waals surface area (Å²) in [6.07, 6.45) is 1.52. The first-order chi connectivity index (χ1) is 14.3. The number of halogens is 2. The molecule has 0 unspecified atom stereocenters. The summed E-state index contributed by atoms with van der Waals surface area (Å²) in [5.41, 5.74) is 4.70. The topological polar surface area (TPSA) is 75.9 Å². The average molecular weight is 458 g/mol. The van der Waals surface area contributed by atoms with Gasteiger partial charge in [0.2, 0.25) is 5.13 Å².